The Morgan fingerprint density at radius 1 is 1.13 bits per heavy atom. The van der Waals surface area contributed by atoms with Gasteiger partial charge >= 0.3 is 5.97 Å². The molecule has 5 rings (SSSR count). The molecule has 0 amide bonds. The van der Waals surface area contributed by atoms with Gasteiger partial charge in [0, 0.05) is 30.3 Å². The molecule has 4 aliphatic carbocycles. The van der Waals surface area contributed by atoms with Gasteiger partial charge in [0.2, 0.25) is 0 Å². The van der Waals surface area contributed by atoms with E-state index >= 15 is 0 Å². The van der Waals surface area contributed by atoms with Crippen LogP contribution < -0.4 is 0 Å². The number of hydrogen-bond acceptors (Lipinski definition) is 8. The van der Waals surface area contributed by atoms with Gasteiger partial charge in [-0.15, -0.1) is 0 Å². The second kappa shape index (κ2) is 6.74. The zero-order valence-electron chi connectivity index (χ0n) is 17.9. The lowest BCUT2D eigenvalue weighted by molar-refractivity contribution is -0.317. The summed E-state index contributed by atoms with van der Waals surface area (Å²) in [5, 5.41) is 67.0. The average Bonchev–Trinajstić information content (AvgIpc) is 3.21. The third-order valence-corrected chi connectivity index (χ3v) is 10.1. The van der Waals surface area contributed by atoms with Crippen molar-refractivity contribution in [1.82, 2.24) is 0 Å². The zero-order valence-corrected chi connectivity index (χ0v) is 17.9. The van der Waals surface area contributed by atoms with E-state index < -0.39 is 58.8 Å². The summed E-state index contributed by atoms with van der Waals surface area (Å²) < 4.78 is 5.11. The molecule has 1 aliphatic heterocycles. The molecule has 8 heteroatoms. The molecule has 0 unspecified atom stereocenters. The van der Waals surface area contributed by atoms with E-state index in [9.17, 15) is 35.4 Å². The lowest BCUT2D eigenvalue weighted by Gasteiger charge is -2.68. The number of ether oxygens (including phenoxy) is 1. The standard InChI is InChI=1S/C23H34O8/c1-20-9-16(26)19-15(23(20,30)5-3-14(20)12-6-18(28)31-10-12)2-4-21(29)8-13(25)7-17(27)22(19,21)11-24/h6,13-17,19,24-27,29-30H,2-5,7-11H2,1H3/t13-,14-,15-,16-,17-,19-,20+,21+,22+,23-/m0/s1. The Bertz CT molecular complexity index is 813. The van der Waals surface area contributed by atoms with Crippen LogP contribution in [0.15, 0.2) is 11.6 Å². The maximum absolute atomic E-state index is 12.1. The molecule has 0 radical (unpaired) electrons. The molecule has 0 aromatic rings. The lowest BCUT2D eigenvalue weighted by atomic mass is 9.40. The fourth-order valence-corrected chi connectivity index (χ4v) is 8.69. The van der Waals surface area contributed by atoms with E-state index in [0.29, 0.717) is 19.3 Å². The summed E-state index contributed by atoms with van der Waals surface area (Å²) in [6, 6.07) is 0. The predicted molar refractivity (Wildman–Crippen MR) is 107 cm³/mol. The Kier molecular flexibility index (Phi) is 4.74. The van der Waals surface area contributed by atoms with Crippen LogP contribution in [0.4, 0.5) is 0 Å². The van der Waals surface area contributed by atoms with Gasteiger partial charge in [-0.3, -0.25) is 0 Å². The quantitative estimate of drug-likeness (QED) is 0.320. The summed E-state index contributed by atoms with van der Waals surface area (Å²) in [5.41, 5.74) is -3.95. The summed E-state index contributed by atoms with van der Waals surface area (Å²) in [6.07, 6.45) is 0.531. The largest absolute Gasteiger partial charge is 0.458 e. The van der Waals surface area contributed by atoms with Gasteiger partial charge in [0.25, 0.3) is 0 Å². The fourth-order valence-electron chi connectivity index (χ4n) is 8.69. The van der Waals surface area contributed by atoms with Gasteiger partial charge in [0.1, 0.15) is 6.61 Å². The highest BCUT2D eigenvalue weighted by molar-refractivity contribution is 5.85. The number of rotatable bonds is 2. The van der Waals surface area contributed by atoms with Crippen LogP contribution in [0.2, 0.25) is 0 Å². The van der Waals surface area contributed by atoms with Crippen molar-refractivity contribution in [3.8, 4) is 0 Å². The van der Waals surface area contributed by atoms with Gasteiger partial charge in [-0.1, -0.05) is 6.92 Å². The minimum Gasteiger partial charge on any atom is -0.458 e. The van der Waals surface area contributed by atoms with E-state index in [1.165, 1.54) is 6.08 Å². The average molecular weight is 439 g/mol. The van der Waals surface area contributed by atoms with Crippen LogP contribution in [0, 0.1) is 28.6 Å². The van der Waals surface area contributed by atoms with E-state index in [4.69, 9.17) is 4.74 Å². The highest BCUT2D eigenvalue weighted by atomic mass is 16.5. The number of hydrogen-bond donors (Lipinski definition) is 6. The van der Waals surface area contributed by atoms with Crippen molar-refractivity contribution < 1.29 is 40.2 Å². The number of carbonyl (C=O) groups excluding carboxylic acids is 1. The summed E-state index contributed by atoms with van der Waals surface area (Å²) in [7, 11) is 0. The molecular formula is C23H34O8. The van der Waals surface area contributed by atoms with Crippen LogP contribution >= 0.6 is 0 Å². The second-order valence-electron chi connectivity index (χ2n) is 11.0. The SMILES string of the molecule is C[C@]12C[C@H](O)[C@@H]3[C@H](CC[C@@]4(O)C[C@@H](O)C[C@H](O)[C@]34CO)[C@@]1(O)CC[C@H]2C1=CC(=O)OC1. The molecule has 0 bridgehead atoms. The molecule has 4 fully saturated rings. The maximum atomic E-state index is 12.1. The summed E-state index contributed by atoms with van der Waals surface area (Å²) >= 11 is 0. The topological polar surface area (TPSA) is 148 Å². The van der Waals surface area contributed by atoms with Crippen molar-refractivity contribution in [2.45, 2.75) is 81.4 Å². The van der Waals surface area contributed by atoms with Gasteiger partial charge < -0.3 is 35.4 Å². The van der Waals surface area contributed by atoms with Crippen LogP contribution in [0.5, 0.6) is 0 Å². The molecule has 10 atom stereocenters. The first-order valence-corrected chi connectivity index (χ1v) is 11.5. The van der Waals surface area contributed by atoms with Gasteiger partial charge in [-0.2, -0.15) is 0 Å². The first-order valence-electron chi connectivity index (χ1n) is 11.5. The zero-order chi connectivity index (χ0) is 22.4. The Morgan fingerprint density at radius 2 is 1.87 bits per heavy atom. The van der Waals surface area contributed by atoms with E-state index in [2.05, 4.69) is 0 Å². The Morgan fingerprint density at radius 3 is 2.52 bits per heavy atom. The van der Waals surface area contributed by atoms with Crippen molar-refractivity contribution >= 4 is 5.97 Å². The third-order valence-electron chi connectivity index (χ3n) is 10.1. The summed E-state index contributed by atoms with van der Waals surface area (Å²) in [5.74, 6) is -1.62. The minimum atomic E-state index is -1.52. The predicted octanol–water partition coefficient (Wildman–Crippen LogP) is -0.367. The normalized spacial score (nSPS) is 56.4. The number of aliphatic hydroxyl groups excluding tert-OH is 4. The van der Waals surface area contributed by atoms with E-state index in [1.54, 1.807) is 0 Å². The van der Waals surface area contributed by atoms with Crippen LogP contribution in [0.1, 0.15) is 51.9 Å². The molecule has 4 saturated carbocycles. The Balaban J connectivity index is 1.58. The first kappa shape index (κ1) is 21.8. The third kappa shape index (κ3) is 2.55. The van der Waals surface area contributed by atoms with Gasteiger partial charge in [0.05, 0.1) is 41.5 Å². The highest BCUT2D eigenvalue weighted by Gasteiger charge is 2.75. The van der Waals surface area contributed by atoms with E-state index in [0.717, 1.165) is 5.57 Å². The number of fused-ring (bicyclic) bond motifs is 5. The minimum absolute atomic E-state index is 0.0173. The van der Waals surface area contributed by atoms with Crippen LogP contribution in [-0.4, -0.2) is 79.3 Å². The monoisotopic (exact) mass is 438 g/mol. The molecule has 0 aromatic heterocycles. The van der Waals surface area contributed by atoms with E-state index in [1.807, 2.05) is 6.92 Å². The van der Waals surface area contributed by atoms with Crippen molar-refractivity contribution in [3.63, 3.8) is 0 Å². The van der Waals surface area contributed by atoms with Crippen molar-refractivity contribution in [2.24, 2.45) is 28.6 Å². The van der Waals surface area contributed by atoms with Crippen molar-refractivity contribution in [3.05, 3.63) is 11.6 Å². The van der Waals surface area contributed by atoms with Gasteiger partial charge in [-0.05, 0) is 49.5 Å². The van der Waals surface area contributed by atoms with Crippen molar-refractivity contribution in [2.75, 3.05) is 13.2 Å². The number of aliphatic hydroxyl groups is 6. The first-order chi connectivity index (χ1) is 14.5. The molecule has 5 aliphatic rings. The Labute approximate surface area is 181 Å². The molecule has 174 valence electrons. The lowest BCUT2D eigenvalue weighted by Crippen LogP contribution is -2.75. The smallest absolute Gasteiger partial charge is 0.331 e. The van der Waals surface area contributed by atoms with Crippen LogP contribution in [-0.2, 0) is 9.53 Å². The molecule has 8 nitrogen and oxygen atoms in total. The summed E-state index contributed by atoms with van der Waals surface area (Å²) in [6.45, 7) is 1.64. The molecule has 0 spiro atoms. The molecule has 0 saturated heterocycles. The number of esters is 1. The molecular weight excluding hydrogens is 404 g/mol. The molecule has 31 heavy (non-hydrogen) atoms. The van der Waals surface area contributed by atoms with E-state index in [-0.39, 0.29) is 44.2 Å². The summed E-state index contributed by atoms with van der Waals surface area (Å²) in [4.78, 5) is 11.7. The number of cyclic esters (lactones) is 1. The molecule has 0 aromatic carbocycles. The fraction of sp³-hybridized carbons (Fsp3) is 0.870. The second-order valence-corrected chi connectivity index (χ2v) is 11.0. The van der Waals surface area contributed by atoms with Crippen LogP contribution in [0.3, 0.4) is 0 Å². The van der Waals surface area contributed by atoms with Crippen LogP contribution in [0.25, 0.3) is 0 Å². The van der Waals surface area contributed by atoms with Gasteiger partial charge in [0.15, 0.2) is 0 Å². The molecule has 6 N–H and O–H groups in total. The highest BCUT2D eigenvalue weighted by Crippen LogP contribution is 2.70. The van der Waals surface area contributed by atoms with Gasteiger partial charge in [-0.25, -0.2) is 4.79 Å². The Hall–Kier alpha value is -1.03. The maximum Gasteiger partial charge on any atom is 0.331 e. The molecule has 1 heterocycles. The number of carbonyl (C=O) groups is 1. The van der Waals surface area contributed by atoms with Crippen molar-refractivity contribution in [1.29, 1.82) is 0 Å².